The number of amides is 1. The second-order valence-corrected chi connectivity index (χ2v) is 8.93. The van der Waals surface area contributed by atoms with Crippen molar-refractivity contribution in [1.29, 1.82) is 0 Å². The minimum absolute atomic E-state index is 0.0490. The lowest BCUT2D eigenvalue weighted by molar-refractivity contribution is 0.102. The van der Waals surface area contributed by atoms with E-state index in [4.69, 9.17) is 11.6 Å². The van der Waals surface area contributed by atoms with Crippen LogP contribution in [0.15, 0.2) is 35.2 Å². The minimum atomic E-state index is -3.68. The zero-order valence-corrected chi connectivity index (χ0v) is 16.7. The van der Waals surface area contributed by atoms with Crippen molar-refractivity contribution in [3.63, 3.8) is 0 Å². The highest BCUT2D eigenvalue weighted by Gasteiger charge is 2.27. The van der Waals surface area contributed by atoms with E-state index < -0.39 is 38.2 Å². The van der Waals surface area contributed by atoms with E-state index in [0.29, 0.717) is 18.7 Å². The van der Waals surface area contributed by atoms with E-state index >= 15 is 0 Å². The van der Waals surface area contributed by atoms with Gasteiger partial charge in [-0.15, -0.1) is 0 Å². The Morgan fingerprint density at radius 3 is 2.46 bits per heavy atom. The highest BCUT2D eigenvalue weighted by Crippen LogP contribution is 2.27. The summed E-state index contributed by atoms with van der Waals surface area (Å²) in [4.78, 5) is 12.5. The van der Waals surface area contributed by atoms with E-state index in [0.717, 1.165) is 31.4 Å². The summed E-state index contributed by atoms with van der Waals surface area (Å²) < 4.78 is 54.5. The van der Waals surface area contributed by atoms with E-state index in [9.17, 15) is 22.0 Å². The van der Waals surface area contributed by atoms with Crippen molar-refractivity contribution >= 4 is 33.2 Å². The van der Waals surface area contributed by atoms with Crippen LogP contribution in [0.3, 0.4) is 0 Å². The van der Waals surface area contributed by atoms with Crippen LogP contribution in [-0.2, 0) is 10.0 Å². The highest BCUT2D eigenvalue weighted by atomic mass is 35.5. The van der Waals surface area contributed by atoms with Gasteiger partial charge in [-0.05, 0) is 49.6 Å². The summed E-state index contributed by atoms with van der Waals surface area (Å²) in [5.74, 6) is -2.99. The van der Waals surface area contributed by atoms with E-state index in [1.165, 1.54) is 16.4 Å². The Labute approximate surface area is 167 Å². The van der Waals surface area contributed by atoms with Gasteiger partial charge in [0.15, 0.2) is 5.82 Å². The lowest BCUT2D eigenvalue weighted by Crippen LogP contribution is -2.35. The standard InChI is InChI=1S/C19H19ClF2N2O3S/c1-12-5-6-13(28(26,27)24-9-3-2-4-10-24)11-16(12)23-19(25)14-7-8-15(21)17(20)18(14)22/h5-8,11H,2-4,9-10H2,1H3,(H,23,25). The Hall–Kier alpha value is -2.03. The van der Waals surface area contributed by atoms with Crippen molar-refractivity contribution in [2.75, 3.05) is 18.4 Å². The number of carbonyl (C=O) groups excluding carboxylic acids is 1. The Morgan fingerprint density at radius 1 is 1.11 bits per heavy atom. The molecule has 1 aliphatic heterocycles. The van der Waals surface area contributed by atoms with Crippen molar-refractivity contribution in [2.45, 2.75) is 31.1 Å². The Kier molecular flexibility index (Phi) is 6.02. The number of piperidine rings is 1. The van der Waals surface area contributed by atoms with E-state index in [1.807, 2.05) is 0 Å². The van der Waals surface area contributed by atoms with Crippen LogP contribution in [0.25, 0.3) is 0 Å². The minimum Gasteiger partial charge on any atom is -0.322 e. The van der Waals surface area contributed by atoms with Gasteiger partial charge in [0.25, 0.3) is 5.91 Å². The molecule has 5 nitrogen and oxygen atoms in total. The molecule has 150 valence electrons. The number of nitrogens with one attached hydrogen (secondary N) is 1. The lowest BCUT2D eigenvalue weighted by Gasteiger charge is -2.26. The second-order valence-electron chi connectivity index (χ2n) is 6.62. The molecule has 1 heterocycles. The first kappa shape index (κ1) is 20.7. The molecule has 2 aromatic rings. The quantitative estimate of drug-likeness (QED) is 0.736. The Bertz CT molecular complexity index is 1020. The van der Waals surface area contributed by atoms with Crippen LogP contribution in [0, 0.1) is 18.6 Å². The third kappa shape index (κ3) is 4.04. The summed E-state index contributed by atoms with van der Waals surface area (Å²) >= 11 is 5.52. The number of nitrogens with zero attached hydrogens (tertiary/aromatic N) is 1. The molecule has 0 aliphatic carbocycles. The number of carbonyl (C=O) groups is 1. The maximum absolute atomic E-state index is 14.1. The molecule has 0 unspecified atom stereocenters. The number of benzene rings is 2. The topological polar surface area (TPSA) is 66.5 Å². The highest BCUT2D eigenvalue weighted by molar-refractivity contribution is 7.89. The molecule has 1 saturated heterocycles. The van der Waals surface area contributed by atoms with Crippen molar-refractivity contribution in [3.05, 3.63) is 58.1 Å². The van der Waals surface area contributed by atoms with Crippen LogP contribution >= 0.6 is 11.6 Å². The van der Waals surface area contributed by atoms with Crippen molar-refractivity contribution in [3.8, 4) is 0 Å². The number of hydrogen-bond acceptors (Lipinski definition) is 3. The number of sulfonamides is 1. The average Bonchev–Trinajstić information content (AvgIpc) is 2.68. The van der Waals surface area contributed by atoms with E-state index in [2.05, 4.69) is 5.32 Å². The number of halogens is 3. The smallest absolute Gasteiger partial charge is 0.258 e. The molecule has 0 bridgehead atoms. The molecule has 0 spiro atoms. The first-order valence-electron chi connectivity index (χ1n) is 8.77. The van der Waals surface area contributed by atoms with Crippen LogP contribution in [0.4, 0.5) is 14.5 Å². The van der Waals surface area contributed by atoms with Crippen LogP contribution in [0.1, 0.15) is 35.2 Å². The number of hydrogen-bond donors (Lipinski definition) is 1. The molecular weight excluding hydrogens is 410 g/mol. The fourth-order valence-electron chi connectivity index (χ4n) is 3.04. The van der Waals surface area contributed by atoms with Crippen molar-refractivity contribution < 1.29 is 22.0 Å². The van der Waals surface area contributed by atoms with Gasteiger partial charge in [0.05, 0.1) is 10.5 Å². The summed E-state index contributed by atoms with van der Waals surface area (Å²) in [6.07, 6.45) is 2.60. The molecule has 1 aliphatic rings. The maximum atomic E-state index is 14.1. The third-order valence-electron chi connectivity index (χ3n) is 4.69. The van der Waals surface area contributed by atoms with Gasteiger partial charge in [0.2, 0.25) is 10.0 Å². The summed E-state index contributed by atoms with van der Waals surface area (Å²) in [6.45, 7) is 2.59. The molecule has 3 rings (SSSR count). The van der Waals surface area contributed by atoms with E-state index in [-0.39, 0.29) is 10.6 Å². The molecule has 1 amide bonds. The first-order valence-corrected chi connectivity index (χ1v) is 10.6. The van der Waals surface area contributed by atoms with Crippen LogP contribution < -0.4 is 5.32 Å². The van der Waals surface area contributed by atoms with Gasteiger partial charge >= 0.3 is 0 Å². The molecular formula is C19H19ClF2N2O3S. The van der Waals surface area contributed by atoms with Gasteiger partial charge in [-0.25, -0.2) is 17.2 Å². The summed E-state index contributed by atoms with van der Waals surface area (Å²) in [5, 5.41) is 1.71. The van der Waals surface area contributed by atoms with Crippen LogP contribution in [0.2, 0.25) is 5.02 Å². The second kappa shape index (κ2) is 8.14. The molecule has 1 N–H and O–H groups in total. The third-order valence-corrected chi connectivity index (χ3v) is 6.93. The fraction of sp³-hybridized carbons (Fsp3) is 0.316. The number of aryl methyl sites for hydroxylation is 1. The molecule has 9 heteroatoms. The molecule has 0 saturated carbocycles. The number of rotatable bonds is 4. The zero-order valence-electron chi connectivity index (χ0n) is 15.1. The Morgan fingerprint density at radius 2 is 1.79 bits per heavy atom. The van der Waals surface area contributed by atoms with Gasteiger partial charge in [-0.1, -0.05) is 24.1 Å². The van der Waals surface area contributed by atoms with E-state index in [1.54, 1.807) is 13.0 Å². The monoisotopic (exact) mass is 428 g/mol. The molecule has 0 atom stereocenters. The molecule has 0 radical (unpaired) electrons. The normalized spacial score (nSPS) is 15.4. The van der Waals surface area contributed by atoms with Gasteiger partial charge in [-0.2, -0.15) is 4.31 Å². The number of anilines is 1. The molecule has 0 aromatic heterocycles. The van der Waals surface area contributed by atoms with Crippen LogP contribution in [0.5, 0.6) is 0 Å². The maximum Gasteiger partial charge on any atom is 0.258 e. The van der Waals surface area contributed by atoms with Gasteiger partial charge in [-0.3, -0.25) is 4.79 Å². The average molecular weight is 429 g/mol. The predicted octanol–water partition coefficient (Wildman–Crippen LogP) is 4.35. The van der Waals surface area contributed by atoms with Gasteiger partial charge in [0.1, 0.15) is 10.8 Å². The largest absolute Gasteiger partial charge is 0.322 e. The zero-order chi connectivity index (χ0) is 20.5. The summed E-state index contributed by atoms with van der Waals surface area (Å²) in [7, 11) is -3.68. The Balaban J connectivity index is 1.90. The predicted molar refractivity (Wildman–Crippen MR) is 103 cm³/mol. The summed E-state index contributed by atoms with van der Waals surface area (Å²) in [6, 6.07) is 6.27. The first-order chi connectivity index (χ1) is 13.2. The van der Waals surface area contributed by atoms with Crippen molar-refractivity contribution in [1.82, 2.24) is 4.31 Å². The lowest BCUT2D eigenvalue weighted by atomic mass is 10.1. The SMILES string of the molecule is Cc1ccc(S(=O)(=O)N2CCCCC2)cc1NC(=O)c1ccc(F)c(Cl)c1F. The fourth-order valence-corrected chi connectivity index (χ4v) is 4.75. The summed E-state index contributed by atoms with van der Waals surface area (Å²) in [5.41, 5.74) is 0.387. The van der Waals surface area contributed by atoms with Gasteiger partial charge in [0, 0.05) is 18.8 Å². The molecule has 28 heavy (non-hydrogen) atoms. The molecule has 2 aromatic carbocycles. The van der Waals surface area contributed by atoms with Crippen molar-refractivity contribution in [2.24, 2.45) is 0 Å². The van der Waals surface area contributed by atoms with Gasteiger partial charge < -0.3 is 5.32 Å². The van der Waals surface area contributed by atoms with Crippen LogP contribution in [-0.4, -0.2) is 31.7 Å². The molecule has 1 fully saturated rings.